The zero-order valence-corrected chi connectivity index (χ0v) is 17.4. The summed E-state index contributed by atoms with van der Waals surface area (Å²) in [6.07, 6.45) is 0. The highest BCUT2D eigenvalue weighted by molar-refractivity contribution is 7.00. The summed E-state index contributed by atoms with van der Waals surface area (Å²) >= 11 is 0. The van der Waals surface area contributed by atoms with Crippen LogP contribution in [-0.2, 0) is 0 Å². The van der Waals surface area contributed by atoms with E-state index in [1.165, 1.54) is 10.4 Å². The number of nitrogen functional groups attached to an aromatic ring is 1. The van der Waals surface area contributed by atoms with Crippen LogP contribution in [0.25, 0.3) is 0 Å². The zero-order valence-electron chi connectivity index (χ0n) is 16.4. The molecule has 0 aliphatic carbocycles. The Balaban J connectivity index is 2.29. The summed E-state index contributed by atoms with van der Waals surface area (Å²) in [5, 5.41) is 2.31. The van der Waals surface area contributed by atoms with Crippen LogP contribution in [0.4, 0.5) is 5.69 Å². The molecule has 0 amide bonds. The minimum Gasteiger partial charge on any atom is -0.531 e. The van der Waals surface area contributed by atoms with Gasteiger partial charge in [-0.2, -0.15) is 0 Å². The van der Waals surface area contributed by atoms with Crippen LogP contribution in [0.15, 0.2) is 78.9 Å². The number of nitrogens with two attached hydrogens (primary N) is 1. The Labute approximate surface area is 162 Å². The lowest BCUT2D eigenvalue weighted by Gasteiger charge is -2.43. The number of benzene rings is 3. The van der Waals surface area contributed by atoms with Gasteiger partial charge in [0.2, 0.25) is 0 Å². The van der Waals surface area contributed by atoms with Gasteiger partial charge in [0.15, 0.2) is 5.75 Å². The average Bonchev–Trinajstić information content (AvgIpc) is 2.66. The van der Waals surface area contributed by atoms with Crippen LogP contribution in [0, 0.1) is 0 Å². The van der Waals surface area contributed by atoms with Crippen molar-refractivity contribution in [3.05, 3.63) is 78.9 Å². The Morgan fingerprint density at radius 2 is 1.26 bits per heavy atom. The molecule has 0 spiro atoms. The molecule has 0 aromatic heterocycles. The SMILES string of the molecule is COc1ccc(N)cc1O[Si](c1ccccc1)(c1ccccc1)C(C)(C)C. The lowest BCUT2D eigenvalue weighted by atomic mass is 10.2. The molecule has 0 bridgehead atoms. The van der Waals surface area contributed by atoms with Crippen LogP contribution in [0.2, 0.25) is 5.04 Å². The van der Waals surface area contributed by atoms with E-state index in [-0.39, 0.29) is 5.04 Å². The zero-order chi connectivity index (χ0) is 19.5. The molecule has 0 atom stereocenters. The van der Waals surface area contributed by atoms with Gasteiger partial charge in [0.1, 0.15) is 5.75 Å². The van der Waals surface area contributed by atoms with Crippen LogP contribution < -0.4 is 25.3 Å². The first-order valence-corrected chi connectivity index (χ1v) is 11.0. The Kier molecular flexibility index (Phi) is 5.28. The molecule has 0 radical (unpaired) electrons. The molecule has 4 heteroatoms. The van der Waals surface area contributed by atoms with Crippen molar-refractivity contribution in [3.8, 4) is 11.5 Å². The predicted molar refractivity (Wildman–Crippen MR) is 116 cm³/mol. The topological polar surface area (TPSA) is 44.5 Å². The van der Waals surface area contributed by atoms with E-state index in [0.29, 0.717) is 17.2 Å². The third-order valence-electron chi connectivity index (χ3n) is 4.87. The van der Waals surface area contributed by atoms with Gasteiger partial charge in [-0.1, -0.05) is 81.4 Å². The summed E-state index contributed by atoms with van der Waals surface area (Å²) in [6.45, 7) is 6.74. The van der Waals surface area contributed by atoms with Gasteiger partial charge >= 0.3 is 8.32 Å². The summed E-state index contributed by atoms with van der Waals surface area (Å²) in [5.41, 5.74) is 6.72. The number of methoxy groups -OCH3 is 1. The molecule has 0 saturated heterocycles. The normalized spacial score (nSPS) is 11.9. The molecular formula is C23H27NO2Si. The second-order valence-electron chi connectivity index (χ2n) is 7.68. The van der Waals surface area contributed by atoms with Crippen molar-refractivity contribution < 1.29 is 9.16 Å². The summed E-state index contributed by atoms with van der Waals surface area (Å²) < 4.78 is 12.5. The maximum Gasteiger partial charge on any atom is 0.320 e. The molecule has 27 heavy (non-hydrogen) atoms. The van der Waals surface area contributed by atoms with E-state index in [9.17, 15) is 0 Å². The molecule has 0 heterocycles. The second kappa shape index (κ2) is 7.49. The highest BCUT2D eigenvalue weighted by Gasteiger charge is 2.52. The molecular weight excluding hydrogens is 350 g/mol. The van der Waals surface area contributed by atoms with Crippen molar-refractivity contribution in [3.63, 3.8) is 0 Å². The van der Waals surface area contributed by atoms with E-state index in [1.807, 2.05) is 30.3 Å². The first-order valence-electron chi connectivity index (χ1n) is 9.12. The third kappa shape index (κ3) is 3.58. The third-order valence-corrected chi connectivity index (χ3v) is 9.80. The van der Waals surface area contributed by atoms with Crippen molar-refractivity contribution in [1.82, 2.24) is 0 Å². The monoisotopic (exact) mass is 377 g/mol. The number of hydrogen-bond acceptors (Lipinski definition) is 3. The standard InChI is InChI=1S/C23H27NO2Si/c1-23(2,3)27(19-11-7-5-8-12-19,20-13-9-6-10-14-20)26-22-17-18(24)15-16-21(22)25-4/h5-17H,24H2,1-4H3. The van der Waals surface area contributed by atoms with E-state index in [4.69, 9.17) is 14.9 Å². The van der Waals surface area contributed by atoms with Gasteiger partial charge in [0.05, 0.1) is 7.11 Å². The fourth-order valence-electron chi connectivity index (χ4n) is 3.59. The summed E-state index contributed by atoms with van der Waals surface area (Å²) in [6, 6.07) is 26.6. The van der Waals surface area contributed by atoms with Crippen molar-refractivity contribution in [2.75, 3.05) is 12.8 Å². The van der Waals surface area contributed by atoms with Crippen molar-refractivity contribution in [1.29, 1.82) is 0 Å². The molecule has 3 aromatic rings. The van der Waals surface area contributed by atoms with Crippen LogP contribution in [0.1, 0.15) is 20.8 Å². The molecule has 0 aliphatic rings. The maximum absolute atomic E-state index is 6.98. The van der Waals surface area contributed by atoms with Crippen LogP contribution in [0.3, 0.4) is 0 Å². The summed E-state index contributed by atoms with van der Waals surface area (Å²) in [4.78, 5) is 0. The first-order chi connectivity index (χ1) is 12.9. The van der Waals surface area contributed by atoms with E-state index in [2.05, 4.69) is 69.3 Å². The van der Waals surface area contributed by atoms with Crippen molar-refractivity contribution >= 4 is 24.4 Å². The lowest BCUT2D eigenvalue weighted by molar-refractivity contribution is 0.388. The van der Waals surface area contributed by atoms with E-state index in [1.54, 1.807) is 7.11 Å². The Bertz CT molecular complexity index is 850. The highest BCUT2D eigenvalue weighted by atomic mass is 28.4. The average molecular weight is 378 g/mol. The van der Waals surface area contributed by atoms with Crippen LogP contribution in [-0.4, -0.2) is 15.4 Å². The molecule has 0 aliphatic heterocycles. The summed E-state index contributed by atoms with van der Waals surface area (Å²) in [7, 11) is -1.04. The highest BCUT2D eigenvalue weighted by Crippen LogP contribution is 2.40. The quantitative estimate of drug-likeness (QED) is 0.535. The van der Waals surface area contributed by atoms with Gasteiger partial charge in [0.25, 0.3) is 0 Å². The van der Waals surface area contributed by atoms with Gasteiger partial charge in [-0.25, -0.2) is 0 Å². The molecule has 0 fully saturated rings. The Hall–Kier alpha value is -2.72. The fraction of sp³-hybridized carbons (Fsp3) is 0.217. The molecule has 2 N–H and O–H groups in total. The molecule has 3 rings (SSSR count). The van der Waals surface area contributed by atoms with Crippen molar-refractivity contribution in [2.24, 2.45) is 0 Å². The Morgan fingerprint density at radius 3 is 1.70 bits per heavy atom. The second-order valence-corrected chi connectivity index (χ2v) is 11.9. The van der Waals surface area contributed by atoms with E-state index >= 15 is 0 Å². The van der Waals surface area contributed by atoms with Gasteiger partial charge in [-0.15, -0.1) is 0 Å². The largest absolute Gasteiger partial charge is 0.531 e. The minimum absolute atomic E-state index is 0.120. The molecule has 3 nitrogen and oxygen atoms in total. The van der Waals surface area contributed by atoms with E-state index in [0.717, 1.165) is 0 Å². The molecule has 0 unspecified atom stereocenters. The molecule has 3 aromatic carbocycles. The van der Waals surface area contributed by atoms with E-state index < -0.39 is 8.32 Å². The maximum atomic E-state index is 6.98. The van der Waals surface area contributed by atoms with Gasteiger partial charge in [-0.05, 0) is 27.5 Å². The van der Waals surface area contributed by atoms with Gasteiger partial charge in [0, 0.05) is 11.8 Å². The van der Waals surface area contributed by atoms with Gasteiger partial charge < -0.3 is 14.9 Å². The number of ether oxygens (including phenoxy) is 1. The first kappa shape index (κ1) is 19.0. The summed E-state index contributed by atoms with van der Waals surface area (Å²) in [5.74, 6) is 1.38. The smallest absolute Gasteiger partial charge is 0.320 e. The fourth-order valence-corrected chi connectivity index (χ4v) is 8.01. The Morgan fingerprint density at radius 1 is 0.741 bits per heavy atom. The van der Waals surface area contributed by atoms with Crippen LogP contribution >= 0.6 is 0 Å². The number of rotatable bonds is 5. The molecule has 140 valence electrons. The molecule has 0 saturated carbocycles. The lowest BCUT2D eigenvalue weighted by Crippen LogP contribution is -2.68. The number of anilines is 1. The van der Waals surface area contributed by atoms with Crippen molar-refractivity contribution in [2.45, 2.75) is 25.8 Å². The van der Waals surface area contributed by atoms with Gasteiger partial charge in [-0.3, -0.25) is 0 Å². The predicted octanol–water partition coefficient (Wildman–Crippen LogP) is 4.22. The van der Waals surface area contributed by atoms with Crippen LogP contribution in [0.5, 0.6) is 11.5 Å². The minimum atomic E-state index is -2.70. The number of hydrogen-bond donors (Lipinski definition) is 1.